The zero-order valence-electron chi connectivity index (χ0n) is 10.3. The van der Waals surface area contributed by atoms with Crippen LogP contribution in [0.3, 0.4) is 0 Å². The summed E-state index contributed by atoms with van der Waals surface area (Å²) >= 11 is 0. The van der Waals surface area contributed by atoms with E-state index >= 15 is 0 Å². The predicted octanol–water partition coefficient (Wildman–Crippen LogP) is 3.32. The van der Waals surface area contributed by atoms with E-state index in [9.17, 15) is 4.79 Å². The molecule has 1 saturated carbocycles. The van der Waals surface area contributed by atoms with Crippen LogP contribution in [0.25, 0.3) is 0 Å². The summed E-state index contributed by atoms with van der Waals surface area (Å²) in [7, 11) is 0. The lowest BCUT2D eigenvalue weighted by atomic mass is 9.72. The predicted molar refractivity (Wildman–Crippen MR) is 61.5 cm³/mol. The first-order valence-electron chi connectivity index (χ1n) is 5.64. The van der Waals surface area contributed by atoms with E-state index in [0.29, 0.717) is 5.92 Å². The number of carbonyl (C=O) groups is 1. The Morgan fingerprint density at radius 2 is 2.13 bits per heavy atom. The number of ether oxygens (including phenoxy) is 1. The van der Waals surface area contributed by atoms with Crippen molar-refractivity contribution in [2.24, 2.45) is 11.3 Å². The van der Waals surface area contributed by atoms with Crippen molar-refractivity contribution < 1.29 is 9.53 Å². The fourth-order valence-corrected chi connectivity index (χ4v) is 2.68. The largest absolute Gasteiger partial charge is 0.459 e. The minimum absolute atomic E-state index is 0.0346. The number of rotatable bonds is 3. The first kappa shape index (κ1) is 12.3. The fourth-order valence-electron chi connectivity index (χ4n) is 2.68. The van der Waals surface area contributed by atoms with Crippen molar-refractivity contribution >= 4 is 5.97 Å². The molecule has 0 heterocycles. The van der Waals surface area contributed by atoms with Crippen molar-refractivity contribution in [2.75, 3.05) is 0 Å². The average molecular weight is 210 g/mol. The molecule has 0 radical (unpaired) electrons. The van der Waals surface area contributed by atoms with Crippen molar-refractivity contribution in [2.45, 2.75) is 52.6 Å². The van der Waals surface area contributed by atoms with E-state index in [0.717, 1.165) is 19.3 Å². The number of hydrogen-bond donors (Lipinski definition) is 0. The third kappa shape index (κ3) is 2.09. The van der Waals surface area contributed by atoms with Crippen LogP contribution in [-0.4, -0.2) is 11.6 Å². The minimum atomic E-state index is -0.313. The molecule has 0 saturated heterocycles. The fraction of sp³-hybridized carbons (Fsp3) is 0.769. The van der Waals surface area contributed by atoms with Crippen LogP contribution in [0, 0.1) is 11.3 Å². The molecule has 15 heavy (non-hydrogen) atoms. The summed E-state index contributed by atoms with van der Waals surface area (Å²) in [5.74, 6) is 0.393. The lowest BCUT2D eigenvalue weighted by molar-refractivity contribution is -0.166. The average Bonchev–Trinajstić information content (AvgIpc) is 2.28. The summed E-state index contributed by atoms with van der Waals surface area (Å²) in [6, 6.07) is 0. The van der Waals surface area contributed by atoms with Crippen molar-refractivity contribution in [3.63, 3.8) is 0 Å². The Kier molecular flexibility index (Phi) is 3.27. The molecule has 1 aliphatic rings. The van der Waals surface area contributed by atoms with Gasteiger partial charge in [-0.15, -0.1) is 6.58 Å². The van der Waals surface area contributed by atoms with Crippen molar-refractivity contribution in [3.8, 4) is 0 Å². The monoisotopic (exact) mass is 210 g/mol. The highest BCUT2D eigenvalue weighted by molar-refractivity contribution is 5.66. The molecule has 1 fully saturated rings. The Morgan fingerprint density at radius 1 is 1.53 bits per heavy atom. The van der Waals surface area contributed by atoms with E-state index in [2.05, 4.69) is 27.4 Å². The van der Waals surface area contributed by atoms with Crippen LogP contribution in [0.1, 0.15) is 47.0 Å². The van der Waals surface area contributed by atoms with E-state index < -0.39 is 0 Å². The van der Waals surface area contributed by atoms with E-state index in [-0.39, 0.29) is 17.0 Å². The first-order valence-corrected chi connectivity index (χ1v) is 5.64. The van der Waals surface area contributed by atoms with Gasteiger partial charge in [-0.2, -0.15) is 0 Å². The van der Waals surface area contributed by atoms with E-state index in [1.54, 1.807) is 0 Å². The van der Waals surface area contributed by atoms with Crippen LogP contribution < -0.4 is 0 Å². The molecule has 0 unspecified atom stereocenters. The van der Waals surface area contributed by atoms with Crippen LogP contribution >= 0.6 is 0 Å². The van der Waals surface area contributed by atoms with Gasteiger partial charge < -0.3 is 4.74 Å². The summed E-state index contributed by atoms with van der Waals surface area (Å²) in [5, 5.41) is 0. The molecule has 0 amide bonds. The van der Waals surface area contributed by atoms with Gasteiger partial charge in [0.15, 0.2) is 0 Å². The lowest BCUT2D eigenvalue weighted by Gasteiger charge is -2.40. The van der Waals surface area contributed by atoms with Crippen LogP contribution in [0.15, 0.2) is 12.7 Å². The molecule has 0 bridgehead atoms. The second-order valence-corrected chi connectivity index (χ2v) is 5.31. The number of hydrogen-bond acceptors (Lipinski definition) is 2. The summed E-state index contributed by atoms with van der Waals surface area (Å²) in [4.78, 5) is 11.1. The highest BCUT2D eigenvalue weighted by atomic mass is 16.6. The van der Waals surface area contributed by atoms with Crippen LogP contribution in [0.5, 0.6) is 0 Å². The third-order valence-corrected chi connectivity index (χ3v) is 4.17. The summed E-state index contributed by atoms with van der Waals surface area (Å²) in [6.07, 6.45) is 5.04. The molecule has 0 N–H and O–H groups in total. The first-order chi connectivity index (χ1) is 6.83. The zero-order valence-corrected chi connectivity index (χ0v) is 10.3. The van der Waals surface area contributed by atoms with Gasteiger partial charge in [-0.05, 0) is 32.1 Å². The normalized spacial score (nSPS) is 33.7. The highest BCUT2D eigenvalue weighted by Crippen LogP contribution is 2.53. The zero-order chi connectivity index (χ0) is 11.7. The number of carbonyl (C=O) groups excluding carboxylic acids is 1. The van der Waals surface area contributed by atoms with E-state index in [1.807, 2.05) is 6.08 Å². The van der Waals surface area contributed by atoms with Crippen LogP contribution in [-0.2, 0) is 9.53 Å². The molecular weight excluding hydrogens is 188 g/mol. The molecule has 2 nitrogen and oxygen atoms in total. The van der Waals surface area contributed by atoms with Gasteiger partial charge in [-0.3, -0.25) is 4.79 Å². The van der Waals surface area contributed by atoms with Gasteiger partial charge in [-0.25, -0.2) is 0 Å². The smallest absolute Gasteiger partial charge is 0.303 e. The van der Waals surface area contributed by atoms with Gasteiger partial charge in [0.25, 0.3) is 0 Å². The molecule has 0 aromatic rings. The lowest BCUT2D eigenvalue weighted by Crippen LogP contribution is -2.43. The molecule has 1 aliphatic carbocycles. The maximum atomic E-state index is 11.1. The molecule has 0 aromatic carbocycles. The van der Waals surface area contributed by atoms with Crippen LogP contribution in [0.4, 0.5) is 0 Å². The SMILES string of the molecule is C=CC[C@@H]1CC[C@@](C)(OC(C)=O)C1(C)C. The Hall–Kier alpha value is -0.790. The molecule has 2 heteroatoms. The molecule has 0 spiro atoms. The van der Waals surface area contributed by atoms with Gasteiger partial charge in [0.05, 0.1) is 0 Å². The van der Waals surface area contributed by atoms with E-state index in [1.165, 1.54) is 6.92 Å². The standard InChI is InChI=1S/C13H22O2/c1-6-7-11-8-9-13(5,12(11,3)4)15-10(2)14/h6,11H,1,7-9H2,2-5H3/t11-,13-/m1/s1. The summed E-state index contributed by atoms with van der Waals surface area (Å²) in [6.45, 7) is 11.7. The number of esters is 1. The summed E-state index contributed by atoms with van der Waals surface area (Å²) in [5.41, 5.74) is -0.278. The molecule has 0 aromatic heterocycles. The topological polar surface area (TPSA) is 26.3 Å². The third-order valence-electron chi connectivity index (χ3n) is 4.17. The summed E-state index contributed by atoms with van der Waals surface area (Å²) < 4.78 is 5.52. The van der Waals surface area contributed by atoms with Gasteiger partial charge >= 0.3 is 5.97 Å². The molecular formula is C13H22O2. The van der Waals surface area contributed by atoms with Crippen molar-refractivity contribution in [3.05, 3.63) is 12.7 Å². The van der Waals surface area contributed by atoms with Gasteiger partial charge in [0.1, 0.15) is 5.60 Å². The van der Waals surface area contributed by atoms with Crippen molar-refractivity contribution in [1.82, 2.24) is 0 Å². The Labute approximate surface area is 92.7 Å². The minimum Gasteiger partial charge on any atom is -0.459 e. The maximum Gasteiger partial charge on any atom is 0.303 e. The second-order valence-electron chi connectivity index (χ2n) is 5.31. The van der Waals surface area contributed by atoms with Gasteiger partial charge in [-0.1, -0.05) is 19.9 Å². The quantitative estimate of drug-likeness (QED) is 0.527. The molecule has 2 atom stereocenters. The van der Waals surface area contributed by atoms with Crippen LogP contribution in [0.2, 0.25) is 0 Å². The Bertz CT molecular complexity index is 268. The Morgan fingerprint density at radius 3 is 2.60 bits per heavy atom. The maximum absolute atomic E-state index is 11.1. The molecule has 0 aliphatic heterocycles. The van der Waals surface area contributed by atoms with E-state index in [4.69, 9.17) is 4.74 Å². The van der Waals surface area contributed by atoms with Crippen molar-refractivity contribution in [1.29, 1.82) is 0 Å². The molecule has 1 rings (SSSR count). The Balaban J connectivity index is 2.85. The highest BCUT2D eigenvalue weighted by Gasteiger charge is 2.53. The second kappa shape index (κ2) is 3.99. The van der Waals surface area contributed by atoms with Gasteiger partial charge in [0.2, 0.25) is 0 Å². The molecule has 86 valence electrons. The van der Waals surface area contributed by atoms with Gasteiger partial charge in [0, 0.05) is 12.3 Å². The number of allylic oxidation sites excluding steroid dienone is 1.